The molecular formula is C20H30N4. The fraction of sp³-hybridized carbons (Fsp3) is 0.550. The van der Waals surface area contributed by atoms with E-state index in [0.29, 0.717) is 12.0 Å². The predicted octanol–water partition coefficient (Wildman–Crippen LogP) is 3.42. The number of hydrogen-bond donors (Lipinski definition) is 3. The molecule has 2 atom stereocenters. The van der Waals surface area contributed by atoms with E-state index < -0.39 is 5.66 Å². The van der Waals surface area contributed by atoms with Crippen molar-refractivity contribution < 1.29 is 0 Å². The number of rotatable bonds is 5. The van der Waals surface area contributed by atoms with Crippen molar-refractivity contribution in [3.63, 3.8) is 0 Å². The highest BCUT2D eigenvalue weighted by molar-refractivity contribution is 6.00. The van der Waals surface area contributed by atoms with Gasteiger partial charge < -0.3 is 16.4 Å². The van der Waals surface area contributed by atoms with Crippen molar-refractivity contribution in [1.82, 2.24) is 10.6 Å². The zero-order chi connectivity index (χ0) is 17.2. The summed E-state index contributed by atoms with van der Waals surface area (Å²) in [5, 5.41) is 6.94. The molecule has 1 heterocycles. The first-order chi connectivity index (χ1) is 11.5. The van der Waals surface area contributed by atoms with Crippen molar-refractivity contribution in [2.75, 3.05) is 0 Å². The molecule has 1 aromatic rings. The molecule has 2 unspecified atom stereocenters. The number of aliphatic imine (C=N–C) groups is 1. The van der Waals surface area contributed by atoms with Crippen LogP contribution in [0.2, 0.25) is 0 Å². The third kappa shape index (κ3) is 3.34. The Kier molecular flexibility index (Phi) is 4.95. The molecule has 4 heteroatoms. The second-order valence-corrected chi connectivity index (χ2v) is 7.29. The first kappa shape index (κ1) is 17.0. The number of hydrogen-bond acceptors (Lipinski definition) is 4. The van der Waals surface area contributed by atoms with Gasteiger partial charge in [0, 0.05) is 23.7 Å². The third-order valence-corrected chi connectivity index (χ3v) is 5.40. The van der Waals surface area contributed by atoms with Crippen LogP contribution in [0.15, 0.2) is 41.2 Å². The summed E-state index contributed by atoms with van der Waals surface area (Å²) in [4.78, 5) is 5.02. The molecule has 0 aromatic heterocycles. The maximum absolute atomic E-state index is 6.91. The van der Waals surface area contributed by atoms with Crippen LogP contribution in [0.25, 0.3) is 0 Å². The van der Waals surface area contributed by atoms with Crippen LogP contribution in [0.3, 0.4) is 0 Å². The molecule has 1 saturated carbocycles. The largest absolute Gasteiger partial charge is 0.382 e. The van der Waals surface area contributed by atoms with Crippen molar-refractivity contribution in [3.8, 4) is 0 Å². The molecule has 0 amide bonds. The maximum atomic E-state index is 6.91. The second kappa shape index (κ2) is 6.98. The Morgan fingerprint density at radius 2 is 1.96 bits per heavy atom. The lowest BCUT2D eigenvalue weighted by Gasteiger charge is -2.39. The van der Waals surface area contributed by atoms with E-state index in [-0.39, 0.29) is 0 Å². The average Bonchev–Trinajstić information content (AvgIpc) is 3.12. The van der Waals surface area contributed by atoms with Crippen molar-refractivity contribution in [3.05, 3.63) is 47.3 Å². The predicted molar refractivity (Wildman–Crippen MR) is 101 cm³/mol. The first-order valence-corrected chi connectivity index (χ1v) is 9.22. The SMILES string of the molecule is CCC(C)NC1=CNC(c2ccc(C)cc2)=NC1(N)C1CCCC1. The van der Waals surface area contributed by atoms with E-state index in [9.17, 15) is 0 Å². The molecule has 0 radical (unpaired) electrons. The molecule has 0 spiro atoms. The quantitative estimate of drug-likeness (QED) is 0.777. The summed E-state index contributed by atoms with van der Waals surface area (Å²) in [6.07, 6.45) is 7.91. The standard InChI is InChI=1S/C20H30N4/c1-4-15(3)23-18-13-22-19(16-11-9-14(2)10-12-16)24-20(18,21)17-7-5-6-8-17/h9-13,15,17,23H,4-8,21H2,1-3H3,(H,22,24). The Hall–Kier alpha value is -1.81. The highest BCUT2D eigenvalue weighted by atomic mass is 15.2. The smallest absolute Gasteiger partial charge is 0.154 e. The molecule has 130 valence electrons. The van der Waals surface area contributed by atoms with Crippen LogP contribution in [0, 0.1) is 12.8 Å². The van der Waals surface area contributed by atoms with Gasteiger partial charge in [0.2, 0.25) is 0 Å². The Balaban J connectivity index is 1.93. The summed E-state index contributed by atoms with van der Waals surface area (Å²) in [5.41, 5.74) is 9.63. The van der Waals surface area contributed by atoms with Crippen LogP contribution in [-0.2, 0) is 0 Å². The van der Waals surface area contributed by atoms with E-state index in [1.807, 2.05) is 6.20 Å². The average molecular weight is 326 g/mol. The van der Waals surface area contributed by atoms with Crippen LogP contribution < -0.4 is 16.4 Å². The molecule has 4 N–H and O–H groups in total. The Labute approximate surface area is 145 Å². The van der Waals surface area contributed by atoms with E-state index in [0.717, 1.165) is 36.4 Å². The lowest BCUT2D eigenvalue weighted by Crippen LogP contribution is -2.55. The van der Waals surface area contributed by atoms with Gasteiger partial charge >= 0.3 is 0 Å². The Morgan fingerprint density at radius 3 is 2.58 bits per heavy atom. The van der Waals surface area contributed by atoms with Gasteiger partial charge in [-0.2, -0.15) is 0 Å². The van der Waals surface area contributed by atoms with Crippen LogP contribution in [0.1, 0.15) is 57.1 Å². The first-order valence-electron chi connectivity index (χ1n) is 9.22. The molecule has 1 aromatic carbocycles. The zero-order valence-corrected chi connectivity index (χ0v) is 15.1. The van der Waals surface area contributed by atoms with Gasteiger partial charge in [-0.1, -0.05) is 49.6 Å². The highest BCUT2D eigenvalue weighted by Crippen LogP contribution is 2.38. The van der Waals surface area contributed by atoms with Gasteiger partial charge in [0.25, 0.3) is 0 Å². The molecular weight excluding hydrogens is 296 g/mol. The Morgan fingerprint density at radius 1 is 1.29 bits per heavy atom. The van der Waals surface area contributed by atoms with Crippen LogP contribution in [0.5, 0.6) is 0 Å². The molecule has 1 aliphatic carbocycles. The molecule has 3 rings (SSSR count). The zero-order valence-electron chi connectivity index (χ0n) is 15.1. The number of nitrogens with one attached hydrogen (secondary N) is 2. The van der Waals surface area contributed by atoms with Gasteiger partial charge in [-0.3, -0.25) is 0 Å². The molecule has 24 heavy (non-hydrogen) atoms. The van der Waals surface area contributed by atoms with E-state index in [2.05, 4.69) is 55.7 Å². The monoisotopic (exact) mass is 326 g/mol. The Bertz CT molecular complexity index is 626. The maximum Gasteiger partial charge on any atom is 0.154 e. The molecule has 4 nitrogen and oxygen atoms in total. The number of amidine groups is 1. The number of aryl methyl sites for hydroxylation is 1. The van der Waals surface area contributed by atoms with Gasteiger partial charge in [-0.05, 0) is 33.1 Å². The van der Waals surface area contributed by atoms with Crippen LogP contribution >= 0.6 is 0 Å². The minimum Gasteiger partial charge on any atom is -0.382 e. The molecule has 0 saturated heterocycles. The van der Waals surface area contributed by atoms with Gasteiger partial charge in [0.05, 0.1) is 5.70 Å². The molecule has 1 fully saturated rings. The van der Waals surface area contributed by atoms with E-state index in [1.165, 1.54) is 18.4 Å². The minimum atomic E-state index is -0.647. The summed E-state index contributed by atoms with van der Waals surface area (Å²) in [6, 6.07) is 8.83. The molecule has 0 bridgehead atoms. The number of nitrogens with zero attached hydrogens (tertiary/aromatic N) is 1. The summed E-state index contributed by atoms with van der Waals surface area (Å²) >= 11 is 0. The molecule has 2 aliphatic rings. The molecule has 1 aliphatic heterocycles. The normalized spacial score (nSPS) is 25.7. The fourth-order valence-corrected chi connectivity index (χ4v) is 3.59. The summed E-state index contributed by atoms with van der Waals surface area (Å²) in [7, 11) is 0. The van der Waals surface area contributed by atoms with Crippen molar-refractivity contribution >= 4 is 5.84 Å². The van der Waals surface area contributed by atoms with E-state index in [1.54, 1.807) is 0 Å². The van der Waals surface area contributed by atoms with Gasteiger partial charge in [0.1, 0.15) is 5.84 Å². The van der Waals surface area contributed by atoms with Gasteiger partial charge in [-0.25, -0.2) is 4.99 Å². The number of benzene rings is 1. The second-order valence-electron chi connectivity index (χ2n) is 7.29. The lowest BCUT2D eigenvalue weighted by atomic mass is 9.87. The van der Waals surface area contributed by atoms with Gasteiger partial charge in [-0.15, -0.1) is 0 Å². The fourth-order valence-electron chi connectivity index (χ4n) is 3.59. The summed E-state index contributed by atoms with van der Waals surface area (Å²) in [5.74, 6) is 1.28. The number of nitrogens with two attached hydrogens (primary N) is 1. The lowest BCUT2D eigenvalue weighted by molar-refractivity contribution is 0.305. The van der Waals surface area contributed by atoms with E-state index >= 15 is 0 Å². The van der Waals surface area contributed by atoms with Crippen molar-refractivity contribution in [2.45, 2.75) is 64.6 Å². The summed E-state index contributed by atoms with van der Waals surface area (Å²) < 4.78 is 0. The minimum absolute atomic E-state index is 0.388. The van der Waals surface area contributed by atoms with Crippen LogP contribution in [0.4, 0.5) is 0 Å². The topological polar surface area (TPSA) is 62.4 Å². The van der Waals surface area contributed by atoms with Crippen LogP contribution in [-0.4, -0.2) is 17.5 Å². The van der Waals surface area contributed by atoms with E-state index in [4.69, 9.17) is 10.7 Å². The van der Waals surface area contributed by atoms with Gasteiger partial charge in [0.15, 0.2) is 5.66 Å². The summed E-state index contributed by atoms with van der Waals surface area (Å²) in [6.45, 7) is 6.47. The van der Waals surface area contributed by atoms with Crippen molar-refractivity contribution in [2.24, 2.45) is 16.6 Å². The third-order valence-electron chi connectivity index (χ3n) is 5.40. The van der Waals surface area contributed by atoms with Crippen molar-refractivity contribution in [1.29, 1.82) is 0 Å². The highest BCUT2D eigenvalue weighted by Gasteiger charge is 2.42.